The molecule has 0 spiro atoms. The van der Waals surface area contributed by atoms with Gasteiger partial charge in [0, 0.05) is 6.20 Å². The molecule has 0 aromatic carbocycles. The quantitative estimate of drug-likeness (QED) is 0.709. The van der Waals surface area contributed by atoms with Gasteiger partial charge in [0.25, 0.3) is 0 Å². The fourth-order valence-corrected chi connectivity index (χ4v) is 1.10. The van der Waals surface area contributed by atoms with E-state index in [0.717, 1.165) is 24.3 Å². The van der Waals surface area contributed by atoms with Gasteiger partial charge in [-0.05, 0) is 31.9 Å². The Hall–Kier alpha value is -1.05. The maximum Gasteiger partial charge on any atom is 0.141 e. The van der Waals surface area contributed by atoms with Crippen molar-refractivity contribution in [3.05, 3.63) is 24.0 Å². The molecule has 0 aliphatic carbocycles. The van der Waals surface area contributed by atoms with Crippen molar-refractivity contribution < 1.29 is 4.74 Å². The molecule has 0 N–H and O–H groups in total. The fraction of sp³-hybridized carbons (Fsp3) is 0.545. The zero-order chi connectivity index (χ0) is 9.68. The molecule has 0 aliphatic rings. The van der Waals surface area contributed by atoms with E-state index < -0.39 is 0 Å². The van der Waals surface area contributed by atoms with Crippen LogP contribution in [0.3, 0.4) is 0 Å². The molecule has 2 nitrogen and oxygen atoms in total. The summed E-state index contributed by atoms with van der Waals surface area (Å²) >= 11 is 0. The summed E-state index contributed by atoms with van der Waals surface area (Å²) in [5.41, 5.74) is 1.04. The summed E-state index contributed by atoms with van der Waals surface area (Å²) in [6.07, 6.45) is 4.03. The Morgan fingerprint density at radius 1 is 1.46 bits per heavy atom. The lowest BCUT2D eigenvalue weighted by Gasteiger charge is -2.14. The van der Waals surface area contributed by atoms with E-state index in [2.05, 4.69) is 25.8 Å². The van der Waals surface area contributed by atoms with E-state index in [1.807, 2.05) is 18.3 Å². The first-order chi connectivity index (χ1) is 6.27. The second-order valence-corrected chi connectivity index (χ2v) is 3.14. The molecule has 0 amide bonds. The zero-order valence-corrected chi connectivity index (χ0v) is 8.58. The Balaban J connectivity index is 2.74. The molecule has 0 radical (unpaired) electrons. The van der Waals surface area contributed by atoms with Gasteiger partial charge in [-0.3, -0.25) is 4.98 Å². The average Bonchev–Trinajstić information content (AvgIpc) is 2.18. The molecule has 0 saturated carbocycles. The number of hydrogen-bond donors (Lipinski definition) is 0. The Morgan fingerprint density at radius 2 is 2.23 bits per heavy atom. The molecule has 0 saturated heterocycles. The van der Waals surface area contributed by atoms with E-state index in [4.69, 9.17) is 4.74 Å². The molecule has 1 aromatic rings. The third-order valence-corrected chi connectivity index (χ3v) is 2.09. The van der Waals surface area contributed by atoms with E-state index in [-0.39, 0.29) is 6.10 Å². The topological polar surface area (TPSA) is 22.1 Å². The standard InChI is InChI=1S/C11H17NO/c1-4-9(3)13-11-7-6-8-12-10(11)5-2/h6-9H,4-5H2,1-3H3. The summed E-state index contributed by atoms with van der Waals surface area (Å²) < 4.78 is 5.72. The van der Waals surface area contributed by atoms with Gasteiger partial charge in [-0.1, -0.05) is 13.8 Å². The molecule has 1 atom stereocenters. The van der Waals surface area contributed by atoms with Crippen molar-refractivity contribution in [3.63, 3.8) is 0 Å². The van der Waals surface area contributed by atoms with Crippen LogP contribution in [0.15, 0.2) is 18.3 Å². The summed E-state index contributed by atoms with van der Waals surface area (Å²) in [6, 6.07) is 3.90. The summed E-state index contributed by atoms with van der Waals surface area (Å²) in [6.45, 7) is 6.28. The van der Waals surface area contributed by atoms with E-state index in [1.54, 1.807) is 0 Å². The van der Waals surface area contributed by atoms with Crippen LogP contribution in [-0.4, -0.2) is 11.1 Å². The Kier molecular flexibility index (Phi) is 3.74. The number of aryl methyl sites for hydroxylation is 1. The van der Waals surface area contributed by atoms with Gasteiger partial charge in [0.2, 0.25) is 0 Å². The monoisotopic (exact) mass is 179 g/mol. The number of pyridine rings is 1. The lowest BCUT2D eigenvalue weighted by Crippen LogP contribution is -2.11. The minimum Gasteiger partial charge on any atom is -0.489 e. The lowest BCUT2D eigenvalue weighted by molar-refractivity contribution is 0.214. The van der Waals surface area contributed by atoms with Crippen molar-refractivity contribution in [1.82, 2.24) is 4.98 Å². The molecular weight excluding hydrogens is 162 g/mol. The molecule has 0 fully saturated rings. The van der Waals surface area contributed by atoms with E-state index in [9.17, 15) is 0 Å². The number of hydrogen-bond acceptors (Lipinski definition) is 2. The Bertz CT molecular complexity index is 260. The Labute approximate surface area is 80.0 Å². The first kappa shape index (κ1) is 10.0. The van der Waals surface area contributed by atoms with Gasteiger partial charge < -0.3 is 4.74 Å². The van der Waals surface area contributed by atoms with Crippen LogP contribution < -0.4 is 4.74 Å². The number of aromatic nitrogens is 1. The highest BCUT2D eigenvalue weighted by Crippen LogP contribution is 2.17. The molecule has 1 heterocycles. The lowest BCUT2D eigenvalue weighted by atomic mass is 10.2. The molecule has 0 bridgehead atoms. The van der Waals surface area contributed by atoms with E-state index >= 15 is 0 Å². The molecule has 1 aromatic heterocycles. The van der Waals surface area contributed by atoms with Gasteiger partial charge >= 0.3 is 0 Å². The first-order valence-corrected chi connectivity index (χ1v) is 4.88. The smallest absolute Gasteiger partial charge is 0.141 e. The summed E-state index contributed by atoms with van der Waals surface area (Å²) in [7, 11) is 0. The number of ether oxygens (including phenoxy) is 1. The maximum atomic E-state index is 5.72. The molecule has 1 rings (SSSR count). The van der Waals surface area contributed by atoms with Crippen molar-refractivity contribution in [1.29, 1.82) is 0 Å². The van der Waals surface area contributed by atoms with Gasteiger partial charge in [0.1, 0.15) is 5.75 Å². The number of rotatable bonds is 4. The van der Waals surface area contributed by atoms with Crippen molar-refractivity contribution >= 4 is 0 Å². The van der Waals surface area contributed by atoms with Crippen LogP contribution in [0, 0.1) is 0 Å². The molecule has 0 aliphatic heterocycles. The van der Waals surface area contributed by atoms with Crippen LogP contribution in [0.5, 0.6) is 5.75 Å². The third-order valence-electron chi connectivity index (χ3n) is 2.09. The Morgan fingerprint density at radius 3 is 2.85 bits per heavy atom. The average molecular weight is 179 g/mol. The second kappa shape index (κ2) is 4.85. The maximum absolute atomic E-state index is 5.72. The largest absolute Gasteiger partial charge is 0.489 e. The highest BCUT2D eigenvalue weighted by Gasteiger charge is 2.05. The fourth-order valence-electron chi connectivity index (χ4n) is 1.10. The summed E-state index contributed by atoms with van der Waals surface area (Å²) in [5.74, 6) is 0.930. The second-order valence-electron chi connectivity index (χ2n) is 3.14. The number of nitrogens with zero attached hydrogens (tertiary/aromatic N) is 1. The van der Waals surface area contributed by atoms with Gasteiger partial charge in [-0.2, -0.15) is 0 Å². The van der Waals surface area contributed by atoms with Gasteiger partial charge in [0.05, 0.1) is 11.8 Å². The highest BCUT2D eigenvalue weighted by atomic mass is 16.5. The van der Waals surface area contributed by atoms with Crippen molar-refractivity contribution in [2.45, 2.75) is 39.7 Å². The van der Waals surface area contributed by atoms with Crippen LogP contribution in [0.2, 0.25) is 0 Å². The molecule has 13 heavy (non-hydrogen) atoms. The summed E-state index contributed by atoms with van der Waals surface area (Å²) in [5, 5.41) is 0. The van der Waals surface area contributed by atoms with Crippen LogP contribution in [0.4, 0.5) is 0 Å². The predicted octanol–water partition coefficient (Wildman–Crippen LogP) is 2.82. The van der Waals surface area contributed by atoms with Gasteiger partial charge in [-0.25, -0.2) is 0 Å². The first-order valence-electron chi connectivity index (χ1n) is 4.88. The van der Waals surface area contributed by atoms with Crippen LogP contribution >= 0.6 is 0 Å². The zero-order valence-electron chi connectivity index (χ0n) is 8.58. The molecular formula is C11H17NO. The van der Waals surface area contributed by atoms with Crippen LogP contribution in [-0.2, 0) is 6.42 Å². The van der Waals surface area contributed by atoms with Crippen molar-refractivity contribution in [2.75, 3.05) is 0 Å². The molecule has 1 unspecified atom stereocenters. The van der Waals surface area contributed by atoms with Crippen LogP contribution in [0.1, 0.15) is 32.9 Å². The van der Waals surface area contributed by atoms with E-state index in [1.165, 1.54) is 0 Å². The molecule has 2 heteroatoms. The predicted molar refractivity (Wildman–Crippen MR) is 54.0 cm³/mol. The minimum atomic E-state index is 0.273. The highest BCUT2D eigenvalue weighted by molar-refractivity contribution is 5.26. The normalized spacial score (nSPS) is 12.5. The van der Waals surface area contributed by atoms with Gasteiger partial charge in [-0.15, -0.1) is 0 Å². The van der Waals surface area contributed by atoms with Crippen molar-refractivity contribution in [3.8, 4) is 5.75 Å². The van der Waals surface area contributed by atoms with E-state index in [0.29, 0.717) is 0 Å². The minimum absolute atomic E-state index is 0.273. The SMILES string of the molecule is CCc1ncccc1OC(C)CC. The third kappa shape index (κ3) is 2.72. The molecule has 72 valence electrons. The van der Waals surface area contributed by atoms with Crippen molar-refractivity contribution in [2.24, 2.45) is 0 Å². The van der Waals surface area contributed by atoms with Gasteiger partial charge in [0.15, 0.2) is 0 Å². The van der Waals surface area contributed by atoms with Crippen LogP contribution in [0.25, 0.3) is 0 Å². The summed E-state index contributed by atoms with van der Waals surface area (Å²) in [4.78, 5) is 4.26.